The summed E-state index contributed by atoms with van der Waals surface area (Å²) in [6.45, 7) is 2.04. The number of nitrogens with one attached hydrogen (secondary N) is 1. The molecule has 2 rings (SSSR count). The Bertz CT molecular complexity index is 524. The van der Waals surface area contributed by atoms with Crippen molar-refractivity contribution in [3.05, 3.63) is 28.2 Å². The summed E-state index contributed by atoms with van der Waals surface area (Å²) in [4.78, 5) is 23.7. The smallest absolute Gasteiger partial charge is 0.336 e. The minimum Gasteiger partial charge on any atom is -0.451 e. The molecule has 21 heavy (non-hydrogen) atoms. The Balaban J connectivity index is 1.91. The molecule has 1 aliphatic rings. The van der Waals surface area contributed by atoms with Gasteiger partial charge in [-0.15, -0.1) is 0 Å². The molecule has 1 aromatic rings. The third-order valence-electron chi connectivity index (χ3n) is 2.98. The quantitative estimate of drug-likeness (QED) is 0.861. The molecule has 1 fully saturated rings. The summed E-state index contributed by atoms with van der Waals surface area (Å²) in [5.41, 5.74) is 0.442. The van der Waals surface area contributed by atoms with Gasteiger partial charge in [-0.2, -0.15) is 0 Å². The van der Waals surface area contributed by atoms with E-state index in [0.717, 1.165) is 6.42 Å². The van der Waals surface area contributed by atoms with Crippen LogP contribution in [-0.4, -0.2) is 30.7 Å². The molecule has 1 N–H and O–H groups in total. The van der Waals surface area contributed by atoms with E-state index in [1.807, 2.05) is 0 Å². The number of ether oxygens (including phenoxy) is 2. The largest absolute Gasteiger partial charge is 0.451 e. The Morgan fingerprint density at radius 1 is 1.33 bits per heavy atom. The van der Waals surface area contributed by atoms with Crippen LogP contribution in [0.5, 0.6) is 0 Å². The van der Waals surface area contributed by atoms with Crippen molar-refractivity contribution in [1.29, 1.82) is 0 Å². The van der Waals surface area contributed by atoms with Crippen molar-refractivity contribution in [1.82, 2.24) is 0 Å². The Hall–Kier alpha value is -1.30. The minimum absolute atomic E-state index is 0.404. The first-order chi connectivity index (χ1) is 9.95. The average molecular weight is 332 g/mol. The zero-order chi connectivity index (χ0) is 15.4. The van der Waals surface area contributed by atoms with Crippen molar-refractivity contribution in [2.24, 2.45) is 0 Å². The highest BCUT2D eigenvalue weighted by molar-refractivity contribution is 6.35. The van der Waals surface area contributed by atoms with Gasteiger partial charge in [0.2, 0.25) is 0 Å². The summed E-state index contributed by atoms with van der Waals surface area (Å²) in [6.07, 6.45) is -0.0568. The molecule has 5 nitrogen and oxygen atoms in total. The van der Waals surface area contributed by atoms with E-state index in [2.05, 4.69) is 5.32 Å². The number of halogens is 2. The summed E-state index contributed by atoms with van der Waals surface area (Å²) in [5, 5.41) is 3.40. The molecule has 1 heterocycles. The number of hydrogen-bond donors (Lipinski definition) is 1. The Morgan fingerprint density at radius 3 is 2.57 bits per heavy atom. The fourth-order valence-corrected chi connectivity index (χ4v) is 2.46. The van der Waals surface area contributed by atoms with E-state index < -0.39 is 24.1 Å². The fraction of sp³-hybridized carbons (Fsp3) is 0.429. The Kier molecular flexibility index (Phi) is 5.45. The maximum absolute atomic E-state index is 12.0. The Morgan fingerprint density at radius 2 is 2.00 bits per heavy atom. The molecule has 0 spiro atoms. The van der Waals surface area contributed by atoms with Crippen LogP contribution in [-0.2, 0) is 19.1 Å². The molecule has 1 aromatic carbocycles. The van der Waals surface area contributed by atoms with Crippen molar-refractivity contribution < 1.29 is 19.1 Å². The SMILES string of the molecule is C[C@@H](OC(=O)[C@H]1CCCO1)C(=O)Nc1cc(Cl)cc(Cl)c1. The van der Waals surface area contributed by atoms with E-state index >= 15 is 0 Å². The van der Waals surface area contributed by atoms with E-state index in [9.17, 15) is 9.59 Å². The number of carbonyl (C=O) groups is 2. The molecule has 7 heteroatoms. The highest BCUT2D eigenvalue weighted by Gasteiger charge is 2.28. The van der Waals surface area contributed by atoms with Gasteiger partial charge < -0.3 is 14.8 Å². The third kappa shape index (κ3) is 4.59. The number of anilines is 1. The maximum Gasteiger partial charge on any atom is 0.336 e. The second-order valence-corrected chi connectivity index (χ2v) is 5.60. The maximum atomic E-state index is 12.0. The van der Waals surface area contributed by atoms with Crippen LogP contribution >= 0.6 is 23.2 Å². The van der Waals surface area contributed by atoms with Crippen LogP contribution in [0.4, 0.5) is 5.69 Å². The molecule has 1 amide bonds. The van der Waals surface area contributed by atoms with Gasteiger partial charge in [-0.25, -0.2) is 4.79 Å². The molecule has 0 aliphatic carbocycles. The van der Waals surface area contributed by atoms with Crippen LogP contribution in [0.1, 0.15) is 19.8 Å². The summed E-state index contributed by atoms with van der Waals surface area (Å²) >= 11 is 11.7. The molecular weight excluding hydrogens is 317 g/mol. The van der Waals surface area contributed by atoms with Crippen LogP contribution in [0, 0.1) is 0 Å². The Labute approximate surface area is 132 Å². The molecule has 1 saturated heterocycles. The van der Waals surface area contributed by atoms with Gasteiger partial charge >= 0.3 is 5.97 Å². The van der Waals surface area contributed by atoms with Crippen molar-refractivity contribution in [2.45, 2.75) is 32.0 Å². The monoisotopic (exact) mass is 331 g/mol. The molecule has 0 radical (unpaired) electrons. The summed E-state index contributed by atoms with van der Waals surface area (Å²) in [5.74, 6) is -0.973. The van der Waals surface area contributed by atoms with E-state index in [1.165, 1.54) is 6.92 Å². The first-order valence-corrected chi connectivity index (χ1v) is 7.30. The summed E-state index contributed by atoms with van der Waals surface area (Å²) in [7, 11) is 0. The molecule has 0 saturated carbocycles. The van der Waals surface area contributed by atoms with Crippen LogP contribution in [0.2, 0.25) is 10.0 Å². The van der Waals surface area contributed by atoms with Gasteiger partial charge in [-0.3, -0.25) is 4.79 Å². The van der Waals surface area contributed by atoms with Crippen molar-refractivity contribution in [3.8, 4) is 0 Å². The number of benzene rings is 1. The molecule has 0 bridgehead atoms. The molecule has 114 valence electrons. The number of carbonyl (C=O) groups excluding carboxylic acids is 2. The minimum atomic E-state index is -0.931. The van der Waals surface area contributed by atoms with E-state index in [4.69, 9.17) is 32.7 Å². The zero-order valence-electron chi connectivity index (χ0n) is 11.4. The molecule has 0 aromatic heterocycles. The number of rotatable bonds is 4. The zero-order valence-corrected chi connectivity index (χ0v) is 12.9. The van der Waals surface area contributed by atoms with Crippen molar-refractivity contribution in [3.63, 3.8) is 0 Å². The standard InChI is InChI=1S/C14H15Cl2NO4/c1-8(21-14(19)12-3-2-4-20-12)13(18)17-11-6-9(15)5-10(16)7-11/h5-8,12H,2-4H2,1H3,(H,17,18)/t8-,12-/m1/s1. The van der Waals surface area contributed by atoms with E-state index in [-0.39, 0.29) is 0 Å². The summed E-state index contributed by atoms with van der Waals surface area (Å²) in [6, 6.07) is 4.67. The van der Waals surface area contributed by atoms with Crippen molar-refractivity contribution >= 4 is 40.8 Å². The van der Waals surface area contributed by atoms with Gasteiger partial charge in [-0.05, 0) is 38.0 Å². The highest BCUT2D eigenvalue weighted by Crippen LogP contribution is 2.22. The second kappa shape index (κ2) is 7.11. The first kappa shape index (κ1) is 16.1. The van der Waals surface area contributed by atoms with E-state index in [0.29, 0.717) is 28.8 Å². The van der Waals surface area contributed by atoms with E-state index in [1.54, 1.807) is 18.2 Å². The second-order valence-electron chi connectivity index (χ2n) is 4.73. The number of amides is 1. The normalized spacial score (nSPS) is 19.1. The molecule has 0 unspecified atom stereocenters. The molecule has 2 atom stereocenters. The number of hydrogen-bond acceptors (Lipinski definition) is 4. The van der Waals surface area contributed by atoms with Crippen molar-refractivity contribution in [2.75, 3.05) is 11.9 Å². The number of esters is 1. The lowest BCUT2D eigenvalue weighted by Gasteiger charge is -2.16. The van der Waals surface area contributed by atoms with Crippen LogP contribution in [0.25, 0.3) is 0 Å². The predicted octanol–water partition coefficient (Wildman–Crippen LogP) is 3.04. The highest BCUT2D eigenvalue weighted by atomic mass is 35.5. The van der Waals surface area contributed by atoms with Gasteiger partial charge in [0.15, 0.2) is 12.2 Å². The topological polar surface area (TPSA) is 64.6 Å². The predicted molar refractivity (Wildman–Crippen MR) is 79.6 cm³/mol. The third-order valence-corrected chi connectivity index (χ3v) is 3.42. The molecular formula is C14H15Cl2NO4. The first-order valence-electron chi connectivity index (χ1n) is 6.55. The van der Waals surface area contributed by atoms with Crippen LogP contribution < -0.4 is 5.32 Å². The van der Waals surface area contributed by atoms with Crippen LogP contribution in [0.3, 0.4) is 0 Å². The lowest BCUT2D eigenvalue weighted by atomic mass is 10.2. The molecule has 1 aliphatic heterocycles. The average Bonchev–Trinajstić information content (AvgIpc) is 2.91. The van der Waals surface area contributed by atoms with Gasteiger partial charge in [0.25, 0.3) is 5.91 Å². The van der Waals surface area contributed by atoms with Crippen LogP contribution in [0.15, 0.2) is 18.2 Å². The van der Waals surface area contributed by atoms with Gasteiger partial charge in [-0.1, -0.05) is 23.2 Å². The lowest BCUT2D eigenvalue weighted by molar-refractivity contribution is -0.162. The van der Waals surface area contributed by atoms with Gasteiger partial charge in [0.05, 0.1) is 0 Å². The lowest BCUT2D eigenvalue weighted by Crippen LogP contribution is -2.34. The summed E-state index contributed by atoms with van der Waals surface area (Å²) < 4.78 is 10.3. The fourth-order valence-electron chi connectivity index (χ4n) is 1.94. The van der Waals surface area contributed by atoms with Gasteiger partial charge in [0.1, 0.15) is 0 Å². The van der Waals surface area contributed by atoms with Gasteiger partial charge in [0, 0.05) is 22.3 Å².